The van der Waals surface area contributed by atoms with Crippen molar-refractivity contribution in [1.82, 2.24) is 15.0 Å². The number of carbonyl (C=O) groups is 1. The van der Waals surface area contributed by atoms with Crippen LogP contribution in [0.1, 0.15) is 22.8 Å². The van der Waals surface area contributed by atoms with E-state index in [9.17, 15) is 4.79 Å². The Hall–Kier alpha value is -2.90. The summed E-state index contributed by atoms with van der Waals surface area (Å²) in [6, 6.07) is 5.39. The maximum atomic E-state index is 12.1. The van der Waals surface area contributed by atoms with Crippen LogP contribution in [0.15, 0.2) is 18.2 Å². The molecule has 0 saturated heterocycles. The standard InChI is InChI=1S/C15H15N3O5/c1-8-7-9-5-4-6-10(11(9)12(19)22-8)23-15-17-13(20-2)16-14(18-15)21-3/h4-6,8H,7H2,1-3H3. The Kier molecular flexibility index (Phi) is 3.96. The summed E-state index contributed by atoms with van der Waals surface area (Å²) in [6.45, 7) is 1.84. The van der Waals surface area contributed by atoms with Crippen molar-refractivity contribution in [3.63, 3.8) is 0 Å². The van der Waals surface area contributed by atoms with Gasteiger partial charge in [-0.3, -0.25) is 0 Å². The van der Waals surface area contributed by atoms with E-state index in [1.165, 1.54) is 14.2 Å². The first kappa shape index (κ1) is 15.0. The minimum atomic E-state index is -0.428. The smallest absolute Gasteiger partial charge is 0.342 e. The Morgan fingerprint density at radius 3 is 2.39 bits per heavy atom. The van der Waals surface area contributed by atoms with Gasteiger partial charge in [-0.1, -0.05) is 12.1 Å². The lowest BCUT2D eigenvalue weighted by molar-refractivity contribution is 0.0297. The van der Waals surface area contributed by atoms with Crippen LogP contribution >= 0.6 is 0 Å². The van der Waals surface area contributed by atoms with Crippen molar-refractivity contribution >= 4 is 5.97 Å². The maximum Gasteiger partial charge on any atom is 0.342 e. The van der Waals surface area contributed by atoms with Crippen LogP contribution in [-0.2, 0) is 11.2 Å². The lowest BCUT2D eigenvalue weighted by Crippen LogP contribution is -2.25. The maximum absolute atomic E-state index is 12.1. The van der Waals surface area contributed by atoms with E-state index < -0.39 is 5.97 Å². The second-order valence-electron chi connectivity index (χ2n) is 4.90. The number of rotatable bonds is 4. The zero-order valence-corrected chi connectivity index (χ0v) is 12.9. The second-order valence-corrected chi connectivity index (χ2v) is 4.90. The zero-order chi connectivity index (χ0) is 16.4. The van der Waals surface area contributed by atoms with E-state index in [1.54, 1.807) is 12.1 Å². The van der Waals surface area contributed by atoms with Gasteiger partial charge < -0.3 is 18.9 Å². The Morgan fingerprint density at radius 1 is 1.09 bits per heavy atom. The largest absolute Gasteiger partial charge is 0.467 e. The lowest BCUT2D eigenvalue weighted by Gasteiger charge is -2.23. The molecule has 3 rings (SSSR count). The number of cyclic esters (lactones) is 1. The molecule has 0 aliphatic carbocycles. The van der Waals surface area contributed by atoms with Crippen LogP contribution in [0.5, 0.6) is 23.8 Å². The first-order chi connectivity index (χ1) is 11.1. The summed E-state index contributed by atoms with van der Waals surface area (Å²) in [4.78, 5) is 24.0. The highest BCUT2D eigenvalue weighted by Gasteiger charge is 2.27. The third kappa shape index (κ3) is 3.01. The van der Waals surface area contributed by atoms with E-state index in [1.807, 2.05) is 13.0 Å². The number of methoxy groups -OCH3 is 2. The van der Waals surface area contributed by atoms with E-state index in [2.05, 4.69) is 15.0 Å². The molecule has 1 aromatic heterocycles. The molecule has 1 atom stereocenters. The summed E-state index contributed by atoms with van der Waals surface area (Å²) in [5.74, 6) is -0.114. The minimum absolute atomic E-state index is 0.0338. The highest BCUT2D eigenvalue weighted by atomic mass is 16.6. The van der Waals surface area contributed by atoms with Gasteiger partial charge in [0.2, 0.25) is 0 Å². The highest BCUT2D eigenvalue weighted by Crippen LogP contribution is 2.31. The van der Waals surface area contributed by atoms with Crippen LogP contribution in [-0.4, -0.2) is 41.2 Å². The predicted molar refractivity (Wildman–Crippen MR) is 78.0 cm³/mol. The molecule has 23 heavy (non-hydrogen) atoms. The van der Waals surface area contributed by atoms with Gasteiger partial charge in [0.25, 0.3) is 0 Å². The molecule has 0 fully saturated rings. The SMILES string of the molecule is COc1nc(OC)nc(Oc2cccc3c2C(=O)OC(C)C3)n1. The van der Waals surface area contributed by atoms with Crippen molar-refractivity contribution in [3.8, 4) is 23.8 Å². The third-order valence-corrected chi connectivity index (χ3v) is 3.27. The molecule has 0 bridgehead atoms. The van der Waals surface area contributed by atoms with Crippen molar-refractivity contribution in [3.05, 3.63) is 29.3 Å². The van der Waals surface area contributed by atoms with Crippen molar-refractivity contribution in [2.24, 2.45) is 0 Å². The minimum Gasteiger partial charge on any atom is -0.467 e. The molecule has 0 radical (unpaired) electrons. The van der Waals surface area contributed by atoms with Crippen LogP contribution in [0.25, 0.3) is 0 Å². The molecule has 2 heterocycles. The molecule has 120 valence electrons. The van der Waals surface area contributed by atoms with E-state index in [0.29, 0.717) is 17.7 Å². The van der Waals surface area contributed by atoms with E-state index in [0.717, 1.165) is 5.56 Å². The number of nitrogens with zero attached hydrogens (tertiary/aromatic N) is 3. The molecular formula is C15H15N3O5. The third-order valence-electron chi connectivity index (χ3n) is 3.27. The summed E-state index contributed by atoms with van der Waals surface area (Å²) in [5.41, 5.74) is 1.24. The van der Waals surface area contributed by atoms with Crippen molar-refractivity contribution in [1.29, 1.82) is 0 Å². The Balaban J connectivity index is 1.98. The van der Waals surface area contributed by atoms with Crippen molar-refractivity contribution in [2.75, 3.05) is 14.2 Å². The van der Waals surface area contributed by atoms with E-state index in [-0.39, 0.29) is 24.1 Å². The molecule has 1 aromatic carbocycles. The van der Waals surface area contributed by atoms with Gasteiger partial charge in [0.15, 0.2) is 0 Å². The Labute approximate surface area is 132 Å². The number of hydrogen-bond donors (Lipinski definition) is 0. The Morgan fingerprint density at radius 2 is 1.74 bits per heavy atom. The molecule has 1 unspecified atom stereocenters. The summed E-state index contributed by atoms with van der Waals surface area (Å²) in [7, 11) is 2.84. The number of benzene rings is 1. The molecule has 0 N–H and O–H groups in total. The molecule has 0 spiro atoms. The second kappa shape index (κ2) is 6.07. The van der Waals surface area contributed by atoms with Crippen LogP contribution < -0.4 is 14.2 Å². The van der Waals surface area contributed by atoms with Gasteiger partial charge in [-0.05, 0) is 18.6 Å². The summed E-state index contributed by atoms with van der Waals surface area (Å²) in [6.07, 6.45) is 0.463. The quantitative estimate of drug-likeness (QED) is 0.788. The fourth-order valence-corrected chi connectivity index (χ4v) is 2.30. The lowest BCUT2D eigenvalue weighted by atomic mass is 9.98. The summed E-state index contributed by atoms with van der Waals surface area (Å²) < 4.78 is 20.8. The molecule has 8 heteroatoms. The van der Waals surface area contributed by atoms with Gasteiger partial charge in [0.1, 0.15) is 17.4 Å². The number of carbonyl (C=O) groups excluding carboxylic acids is 1. The van der Waals surface area contributed by atoms with Gasteiger partial charge in [-0.15, -0.1) is 15.0 Å². The van der Waals surface area contributed by atoms with Crippen molar-refractivity contribution in [2.45, 2.75) is 19.4 Å². The first-order valence-corrected chi connectivity index (χ1v) is 6.95. The molecule has 0 amide bonds. The van der Waals surface area contributed by atoms with Crippen LogP contribution in [0.4, 0.5) is 0 Å². The number of hydrogen-bond acceptors (Lipinski definition) is 8. The molecule has 2 aromatic rings. The summed E-state index contributed by atoms with van der Waals surface area (Å²) in [5, 5.41) is 0. The molecule has 1 aliphatic rings. The van der Waals surface area contributed by atoms with Crippen LogP contribution in [0.3, 0.4) is 0 Å². The molecule has 0 saturated carbocycles. The predicted octanol–water partition coefficient (Wildman–Crippen LogP) is 1.78. The topological polar surface area (TPSA) is 92.7 Å². The van der Waals surface area contributed by atoms with Gasteiger partial charge in [-0.2, -0.15) is 0 Å². The summed E-state index contributed by atoms with van der Waals surface area (Å²) >= 11 is 0. The fourth-order valence-electron chi connectivity index (χ4n) is 2.30. The monoisotopic (exact) mass is 317 g/mol. The zero-order valence-electron chi connectivity index (χ0n) is 12.9. The number of aromatic nitrogens is 3. The number of fused-ring (bicyclic) bond motifs is 1. The van der Waals surface area contributed by atoms with E-state index >= 15 is 0 Å². The van der Waals surface area contributed by atoms with Crippen molar-refractivity contribution < 1.29 is 23.7 Å². The average Bonchev–Trinajstić information content (AvgIpc) is 2.54. The van der Waals surface area contributed by atoms with Gasteiger partial charge in [0, 0.05) is 6.42 Å². The van der Waals surface area contributed by atoms with Gasteiger partial charge in [-0.25, -0.2) is 4.79 Å². The molecular weight excluding hydrogens is 302 g/mol. The highest BCUT2D eigenvalue weighted by molar-refractivity contribution is 5.95. The molecule has 1 aliphatic heterocycles. The normalized spacial score (nSPS) is 16.3. The number of esters is 1. The number of ether oxygens (including phenoxy) is 4. The average molecular weight is 317 g/mol. The molecule has 8 nitrogen and oxygen atoms in total. The van der Waals surface area contributed by atoms with Gasteiger partial charge >= 0.3 is 24.0 Å². The van der Waals surface area contributed by atoms with E-state index in [4.69, 9.17) is 18.9 Å². The van der Waals surface area contributed by atoms with Gasteiger partial charge in [0.05, 0.1) is 14.2 Å². The Bertz CT molecular complexity index is 728. The first-order valence-electron chi connectivity index (χ1n) is 6.95. The fraction of sp³-hybridized carbons (Fsp3) is 0.333. The van der Waals surface area contributed by atoms with Crippen LogP contribution in [0, 0.1) is 0 Å². The van der Waals surface area contributed by atoms with Crippen LogP contribution in [0.2, 0.25) is 0 Å².